The van der Waals surface area contributed by atoms with Crippen LogP contribution in [0, 0.1) is 23.7 Å². The van der Waals surface area contributed by atoms with Crippen molar-refractivity contribution in [2.24, 2.45) is 23.7 Å². The van der Waals surface area contributed by atoms with Crippen LogP contribution in [0.4, 0.5) is 0 Å². The molecule has 0 saturated heterocycles. The van der Waals surface area contributed by atoms with E-state index in [2.05, 4.69) is 54.5 Å². The van der Waals surface area contributed by atoms with Gasteiger partial charge in [-0.3, -0.25) is 0 Å². The first-order valence-corrected chi connectivity index (χ1v) is 6.59. The minimum Gasteiger partial charge on any atom is -0.377 e. The Morgan fingerprint density at radius 3 is 1.88 bits per heavy atom. The van der Waals surface area contributed by atoms with Gasteiger partial charge in [-0.05, 0) is 30.6 Å². The SMILES string of the molecule is C/C(=C\C(C(C)C)C(C)C)COCC(C)C. The Morgan fingerprint density at radius 1 is 1.00 bits per heavy atom. The topological polar surface area (TPSA) is 9.23 Å². The highest BCUT2D eigenvalue weighted by molar-refractivity contribution is 5.03. The molecule has 0 aromatic carbocycles. The van der Waals surface area contributed by atoms with Crippen LogP contribution < -0.4 is 0 Å². The fourth-order valence-corrected chi connectivity index (χ4v) is 1.99. The van der Waals surface area contributed by atoms with E-state index < -0.39 is 0 Å². The zero-order valence-corrected chi connectivity index (χ0v) is 12.2. The van der Waals surface area contributed by atoms with Crippen molar-refractivity contribution >= 4 is 0 Å². The van der Waals surface area contributed by atoms with Crippen molar-refractivity contribution in [3.63, 3.8) is 0 Å². The van der Waals surface area contributed by atoms with Crippen LogP contribution in [0.1, 0.15) is 48.5 Å². The average Bonchev–Trinajstić information content (AvgIpc) is 2.12. The zero-order chi connectivity index (χ0) is 12.7. The predicted octanol–water partition coefficient (Wildman–Crippen LogP) is 4.53. The van der Waals surface area contributed by atoms with Gasteiger partial charge in [-0.2, -0.15) is 0 Å². The van der Waals surface area contributed by atoms with Crippen molar-refractivity contribution in [2.75, 3.05) is 13.2 Å². The van der Waals surface area contributed by atoms with Crippen molar-refractivity contribution < 1.29 is 4.74 Å². The van der Waals surface area contributed by atoms with Gasteiger partial charge < -0.3 is 4.74 Å². The summed E-state index contributed by atoms with van der Waals surface area (Å²) in [4.78, 5) is 0. The third-order valence-electron chi connectivity index (χ3n) is 2.80. The van der Waals surface area contributed by atoms with Crippen LogP contribution in [-0.2, 0) is 4.74 Å². The first-order valence-electron chi connectivity index (χ1n) is 6.59. The molecule has 0 aromatic heterocycles. The summed E-state index contributed by atoms with van der Waals surface area (Å²) < 4.78 is 5.65. The maximum Gasteiger partial charge on any atom is 0.0674 e. The van der Waals surface area contributed by atoms with E-state index in [1.165, 1.54) is 5.57 Å². The number of hydrogen-bond donors (Lipinski definition) is 0. The summed E-state index contributed by atoms with van der Waals surface area (Å²) in [6.07, 6.45) is 2.40. The summed E-state index contributed by atoms with van der Waals surface area (Å²) in [6, 6.07) is 0. The first kappa shape index (κ1) is 15.7. The summed E-state index contributed by atoms with van der Waals surface area (Å²) >= 11 is 0. The van der Waals surface area contributed by atoms with E-state index in [0.29, 0.717) is 23.7 Å². The smallest absolute Gasteiger partial charge is 0.0674 e. The third kappa shape index (κ3) is 7.05. The van der Waals surface area contributed by atoms with Gasteiger partial charge in [0, 0.05) is 6.61 Å². The van der Waals surface area contributed by atoms with Gasteiger partial charge >= 0.3 is 0 Å². The van der Waals surface area contributed by atoms with E-state index in [-0.39, 0.29) is 0 Å². The van der Waals surface area contributed by atoms with Crippen LogP contribution in [0.2, 0.25) is 0 Å². The van der Waals surface area contributed by atoms with Gasteiger partial charge in [-0.15, -0.1) is 0 Å². The number of ether oxygens (including phenoxy) is 1. The van der Waals surface area contributed by atoms with E-state index in [0.717, 1.165) is 13.2 Å². The van der Waals surface area contributed by atoms with Crippen LogP contribution in [0.25, 0.3) is 0 Å². The van der Waals surface area contributed by atoms with Crippen molar-refractivity contribution in [2.45, 2.75) is 48.5 Å². The fraction of sp³-hybridized carbons (Fsp3) is 0.867. The molecule has 16 heavy (non-hydrogen) atoms. The Hall–Kier alpha value is -0.300. The molecule has 0 saturated carbocycles. The molecule has 1 heteroatoms. The normalized spacial score (nSPS) is 13.6. The predicted molar refractivity (Wildman–Crippen MR) is 72.6 cm³/mol. The van der Waals surface area contributed by atoms with Crippen molar-refractivity contribution in [3.05, 3.63) is 11.6 Å². The number of hydrogen-bond acceptors (Lipinski definition) is 1. The Balaban J connectivity index is 4.16. The summed E-state index contributed by atoms with van der Waals surface area (Å²) in [5.41, 5.74) is 1.37. The van der Waals surface area contributed by atoms with Gasteiger partial charge in [-0.1, -0.05) is 53.2 Å². The van der Waals surface area contributed by atoms with Crippen LogP contribution in [0.3, 0.4) is 0 Å². The molecular weight excluding hydrogens is 196 g/mol. The van der Waals surface area contributed by atoms with Gasteiger partial charge in [0.1, 0.15) is 0 Å². The molecule has 1 nitrogen and oxygen atoms in total. The van der Waals surface area contributed by atoms with E-state index in [1.807, 2.05) is 0 Å². The van der Waals surface area contributed by atoms with Crippen molar-refractivity contribution in [1.82, 2.24) is 0 Å². The molecule has 0 spiro atoms. The molecule has 0 aliphatic carbocycles. The highest BCUT2D eigenvalue weighted by Gasteiger charge is 2.14. The standard InChI is InChI=1S/C15H30O/c1-11(2)9-16-10-14(7)8-15(12(3)4)13(5)6/h8,11-13,15H,9-10H2,1-7H3/b14-8+. The summed E-state index contributed by atoms with van der Waals surface area (Å²) in [5.74, 6) is 2.71. The number of allylic oxidation sites excluding steroid dienone is 1. The molecule has 0 heterocycles. The molecular formula is C15H30O. The van der Waals surface area contributed by atoms with E-state index in [4.69, 9.17) is 4.74 Å². The Labute approximate surface area is 102 Å². The Morgan fingerprint density at radius 2 is 1.50 bits per heavy atom. The largest absolute Gasteiger partial charge is 0.377 e. The van der Waals surface area contributed by atoms with E-state index in [9.17, 15) is 0 Å². The molecule has 0 radical (unpaired) electrons. The van der Waals surface area contributed by atoms with Gasteiger partial charge in [0.25, 0.3) is 0 Å². The van der Waals surface area contributed by atoms with Gasteiger partial charge in [0.2, 0.25) is 0 Å². The molecule has 0 atom stereocenters. The van der Waals surface area contributed by atoms with Crippen molar-refractivity contribution in [3.8, 4) is 0 Å². The molecule has 0 bridgehead atoms. The molecule has 0 fully saturated rings. The van der Waals surface area contributed by atoms with Crippen LogP contribution in [-0.4, -0.2) is 13.2 Å². The molecule has 0 N–H and O–H groups in total. The second kappa shape index (κ2) is 7.89. The zero-order valence-electron chi connectivity index (χ0n) is 12.2. The monoisotopic (exact) mass is 226 g/mol. The van der Waals surface area contributed by atoms with Crippen LogP contribution in [0.5, 0.6) is 0 Å². The molecule has 0 aliphatic heterocycles. The maximum absolute atomic E-state index is 5.65. The van der Waals surface area contributed by atoms with Crippen LogP contribution >= 0.6 is 0 Å². The maximum atomic E-state index is 5.65. The van der Waals surface area contributed by atoms with Crippen LogP contribution in [0.15, 0.2) is 11.6 Å². The lowest BCUT2D eigenvalue weighted by molar-refractivity contribution is 0.128. The minimum absolute atomic E-state index is 0.624. The quantitative estimate of drug-likeness (QED) is 0.579. The average molecular weight is 226 g/mol. The number of rotatable bonds is 7. The Bertz CT molecular complexity index is 193. The lowest BCUT2D eigenvalue weighted by Crippen LogP contribution is -2.14. The lowest BCUT2D eigenvalue weighted by Gasteiger charge is -2.22. The third-order valence-corrected chi connectivity index (χ3v) is 2.80. The van der Waals surface area contributed by atoms with E-state index >= 15 is 0 Å². The minimum atomic E-state index is 0.624. The molecule has 0 amide bonds. The molecule has 0 aromatic rings. The van der Waals surface area contributed by atoms with Gasteiger partial charge in [-0.25, -0.2) is 0 Å². The second-order valence-electron chi connectivity index (χ2n) is 5.99. The van der Waals surface area contributed by atoms with Crippen molar-refractivity contribution in [1.29, 1.82) is 0 Å². The molecule has 0 aliphatic rings. The highest BCUT2D eigenvalue weighted by Crippen LogP contribution is 2.23. The summed E-state index contributed by atoms with van der Waals surface area (Å²) in [6.45, 7) is 17.4. The Kier molecular flexibility index (Phi) is 7.74. The van der Waals surface area contributed by atoms with Gasteiger partial charge in [0.05, 0.1) is 6.61 Å². The molecule has 96 valence electrons. The fourth-order valence-electron chi connectivity index (χ4n) is 1.99. The second-order valence-corrected chi connectivity index (χ2v) is 5.99. The highest BCUT2D eigenvalue weighted by atomic mass is 16.5. The van der Waals surface area contributed by atoms with E-state index in [1.54, 1.807) is 0 Å². The molecule has 0 rings (SSSR count). The summed E-state index contributed by atoms with van der Waals surface area (Å²) in [5, 5.41) is 0. The summed E-state index contributed by atoms with van der Waals surface area (Å²) in [7, 11) is 0. The first-order chi connectivity index (χ1) is 7.34. The van der Waals surface area contributed by atoms with Gasteiger partial charge in [0.15, 0.2) is 0 Å². The molecule has 0 unspecified atom stereocenters. The lowest BCUT2D eigenvalue weighted by atomic mass is 9.84.